The molecular weight excluding hydrogens is 206 g/mol. The predicted octanol–water partition coefficient (Wildman–Crippen LogP) is 1.80. The SMILES string of the molecule is CCCC1CN=C(NCCN(C)CC)S1. The second-order valence-corrected chi connectivity index (χ2v) is 5.29. The lowest BCUT2D eigenvalue weighted by Gasteiger charge is -2.14. The van der Waals surface area contributed by atoms with Gasteiger partial charge in [-0.2, -0.15) is 0 Å². The first kappa shape index (κ1) is 12.8. The molecule has 0 saturated carbocycles. The van der Waals surface area contributed by atoms with Crippen molar-refractivity contribution >= 4 is 16.9 Å². The smallest absolute Gasteiger partial charge is 0.156 e. The number of thioether (sulfide) groups is 1. The van der Waals surface area contributed by atoms with E-state index in [2.05, 4.69) is 36.1 Å². The molecule has 0 bridgehead atoms. The van der Waals surface area contributed by atoms with Crippen molar-refractivity contribution in [3.8, 4) is 0 Å². The van der Waals surface area contributed by atoms with E-state index in [0.717, 1.165) is 36.6 Å². The Hall–Kier alpha value is -0.220. The number of hydrogen-bond acceptors (Lipinski definition) is 4. The Labute approximate surface area is 97.7 Å². The Morgan fingerprint density at radius 3 is 3.00 bits per heavy atom. The highest BCUT2D eigenvalue weighted by molar-refractivity contribution is 8.14. The highest BCUT2D eigenvalue weighted by Crippen LogP contribution is 2.23. The van der Waals surface area contributed by atoms with E-state index in [-0.39, 0.29) is 0 Å². The van der Waals surface area contributed by atoms with E-state index in [1.165, 1.54) is 12.8 Å². The number of aliphatic imine (C=N–C) groups is 1. The van der Waals surface area contributed by atoms with Gasteiger partial charge in [0.2, 0.25) is 0 Å². The summed E-state index contributed by atoms with van der Waals surface area (Å²) in [7, 11) is 2.14. The zero-order valence-corrected chi connectivity index (χ0v) is 10.9. The van der Waals surface area contributed by atoms with Crippen molar-refractivity contribution in [1.82, 2.24) is 10.2 Å². The third kappa shape index (κ3) is 4.89. The van der Waals surface area contributed by atoms with Gasteiger partial charge in [0.05, 0.1) is 6.54 Å². The van der Waals surface area contributed by atoms with Crippen molar-refractivity contribution in [1.29, 1.82) is 0 Å². The van der Waals surface area contributed by atoms with E-state index in [1.54, 1.807) is 0 Å². The maximum Gasteiger partial charge on any atom is 0.156 e. The molecule has 0 amide bonds. The van der Waals surface area contributed by atoms with Gasteiger partial charge < -0.3 is 10.2 Å². The van der Waals surface area contributed by atoms with Gasteiger partial charge in [-0.15, -0.1) is 0 Å². The highest BCUT2D eigenvalue weighted by atomic mass is 32.2. The monoisotopic (exact) mass is 229 g/mol. The van der Waals surface area contributed by atoms with Crippen molar-refractivity contribution < 1.29 is 0 Å². The van der Waals surface area contributed by atoms with Gasteiger partial charge in [0.25, 0.3) is 0 Å². The van der Waals surface area contributed by atoms with Crippen LogP contribution in [0.15, 0.2) is 4.99 Å². The molecule has 0 aromatic rings. The largest absolute Gasteiger partial charge is 0.364 e. The molecule has 1 aliphatic heterocycles. The lowest BCUT2D eigenvalue weighted by atomic mass is 10.2. The third-order valence-corrected chi connectivity index (χ3v) is 3.85. The van der Waals surface area contributed by atoms with Crippen LogP contribution in [0.5, 0.6) is 0 Å². The van der Waals surface area contributed by atoms with E-state index in [9.17, 15) is 0 Å². The number of nitrogens with one attached hydrogen (secondary N) is 1. The van der Waals surface area contributed by atoms with E-state index < -0.39 is 0 Å². The summed E-state index contributed by atoms with van der Waals surface area (Å²) in [4.78, 5) is 6.81. The van der Waals surface area contributed by atoms with Gasteiger partial charge in [0.15, 0.2) is 5.17 Å². The average molecular weight is 229 g/mol. The summed E-state index contributed by atoms with van der Waals surface area (Å²) in [5.74, 6) is 0. The van der Waals surface area contributed by atoms with Crippen LogP contribution in [-0.4, -0.2) is 48.5 Å². The number of hydrogen-bond donors (Lipinski definition) is 1. The molecule has 1 aliphatic rings. The summed E-state index contributed by atoms with van der Waals surface area (Å²) in [6.07, 6.45) is 2.55. The van der Waals surface area contributed by atoms with Crippen molar-refractivity contribution in [2.45, 2.75) is 31.9 Å². The molecular formula is C11H23N3S. The molecule has 1 N–H and O–H groups in total. The van der Waals surface area contributed by atoms with Gasteiger partial charge in [-0.3, -0.25) is 4.99 Å². The Balaban J connectivity index is 2.08. The highest BCUT2D eigenvalue weighted by Gasteiger charge is 2.17. The number of amidine groups is 1. The molecule has 15 heavy (non-hydrogen) atoms. The van der Waals surface area contributed by atoms with Crippen LogP contribution in [0.4, 0.5) is 0 Å². The summed E-state index contributed by atoms with van der Waals surface area (Å²) >= 11 is 1.91. The maximum atomic E-state index is 4.51. The minimum atomic E-state index is 0.724. The van der Waals surface area contributed by atoms with Gasteiger partial charge in [0.1, 0.15) is 0 Å². The number of likely N-dealkylation sites (N-methyl/N-ethyl adjacent to an activating group) is 1. The Kier molecular flexibility index (Phi) is 6.10. The molecule has 1 rings (SSSR count). The standard InChI is InChI=1S/C11H23N3S/c1-4-6-10-9-13-11(15-10)12-7-8-14(3)5-2/h10H,4-9H2,1-3H3,(H,12,13). The van der Waals surface area contributed by atoms with Gasteiger partial charge in [-0.1, -0.05) is 32.0 Å². The van der Waals surface area contributed by atoms with Crippen LogP contribution in [0.25, 0.3) is 0 Å². The van der Waals surface area contributed by atoms with Crippen molar-refractivity contribution in [2.24, 2.45) is 4.99 Å². The molecule has 0 saturated heterocycles. The molecule has 0 aliphatic carbocycles. The summed E-state index contributed by atoms with van der Waals surface area (Å²) < 4.78 is 0. The van der Waals surface area contributed by atoms with Gasteiger partial charge in [-0.25, -0.2) is 0 Å². The fraction of sp³-hybridized carbons (Fsp3) is 0.909. The molecule has 0 aromatic heterocycles. The quantitative estimate of drug-likeness (QED) is 0.752. The molecule has 3 nitrogen and oxygen atoms in total. The minimum absolute atomic E-state index is 0.724. The fourth-order valence-electron chi connectivity index (χ4n) is 1.50. The molecule has 0 radical (unpaired) electrons. The summed E-state index contributed by atoms with van der Waals surface area (Å²) in [5, 5.41) is 5.28. The van der Waals surface area contributed by atoms with E-state index in [0.29, 0.717) is 0 Å². The lowest BCUT2D eigenvalue weighted by Crippen LogP contribution is -2.31. The summed E-state index contributed by atoms with van der Waals surface area (Å²) in [6, 6.07) is 0. The van der Waals surface area contributed by atoms with Crippen LogP contribution in [0, 0.1) is 0 Å². The zero-order valence-electron chi connectivity index (χ0n) is 10.1. The van der Waals surface area contributed by atoms with Crippen LogP contribution in [0.2, 0.25) is 0 Å². The first-order chi connectivity index (χ1) is 7.26. The molecule has 0 aromatic carbocycles. The second kappa shape index (κ2) is 7.12. The van der Waals surface area contributed by atoms with Crippen molar-refractivity contribution in [2.75, 3.05) is 33.2 Å². The van der Waals surface area contributed by atoms with Crippen LogP contribution in [-0.2, 0) is 0 Å². The van der Waals surface area contributed by atoms with Crippen LogP contribution in [0.1, 0.15) is 26.7 Å². The maximum absolute atomic E-state index is 4.51. The molecule has 1 atom stereocenters. The molecule has 1 unspecified atom stereocenters. The number of rotatable bonds is 6. The Bertz CT molecular complexity index is 206. The summed E-state index contributed by atoms with van der Waals surface area (Å²) in [5.41, 5.74) is 0. The van der Waals surface area contributed by atoms with E-state index in [4.69, 9.17) is 0 Å². The summed E-state index contributed by atoms with van der Waals surface area (Å²) in [6.45, 7) is 8.63. The molecule has 1 heterocycles. The zero-order chi connectivity index (χ0) is 11.1. The molecule has 0 fully saturated rings. The molecule has 4 heteroatoms. The lowest BCUT2D eigenvalue weighted by molar-refractivity contribution is 0.358. The van der Waals surface area contributed by atoms with Gasteiger partial charge in [0, 0.05) is 18.3 Å². The van der Waals surface area contributed by atoms with Crippen LogP contribution >= 0.6 is 11.8 Å². The molecule has 0 spiro atoms. The topological polar surface area (TPSA) is 27.6 Å². The Morgan fingerprint density at radius 2 is 2.33 bits per heavy atom. The average Bonchev–Trinajstić information content (AvgIpc) is 2.66. The number of nitrogens with zero attached hydrogens (tertiary/aromatic N) is 2. The van der Waals surface area contributed by atoms with E-state index >= 15 is 0 Å². The second-order valence-electron chi connectivity index (χ2n) is 4.00. The van der Waals surface area contributed by atoms with Crippen molar-refractivity contribution in [3.63, 3.8) is 0 Å². The Morgan fingerprint density at radius 1 is 1.53 bits per heavy atom. The van der Waals surface area contributed by atoms with Gasteiger partial charge in [-0.05, 0) is 20.0 Å². The molecule has 88 valence electrons. The normalized spacial score (nSPS) is 20.8. The minimum Gasteiger partial charge on any atom is -0.364 e. The predicted molar refractivity (Wildman–Crippen MR) is 69.8 cm³/mol. The van der Waals surface area contributed by atoms with E-state index in [1.807, 2.05) is 11.8 Å². The van der Waals surface area contributed by atoms with Crippen LogP contribution in [0.3, 0.4) is 0 Å². The fourth-order valence-corrected chi connectivity index (χ4v) is 2.65. The first-order valence-corrected chi connectivity index (χ1v) is 6.77. The third-order valence-electron chi connectivity index (χ3n) is 2.64. The van der Waals surface area contributed by atoms with Crippen LogP contribution < -0.4 is 5.32 Å². The van der Waals surface area contributed by atoms with Crippen molar-refractivity contribution in [3.05, 3.63) is 0 Å². The van der Waals surface area contributed by atoms with Gasteiger partial charge >= 0.3 is 0 Å². The first-order valence-electron chi connectivity index (χ1n) is 5.89.